The maximum atomic E-state index is 11.7. The number of rotatable bonds is 5. The van der Waals surface area contributed by atoms with Crippen LogP contribution in [-0.2, 0) is 4.79 Å². The monoisotopic (exact) mass is 297 g/mol. The molecule has 0 aromatic heterocycles. The van der Waals surface area contributed by atoms with E-state index in [1.807, 2.05) is 6.92 Å². The molecule has 5 heteroatoms. The number of amides is 1. The number of halogens is 1. The van der Waals surface area contributed by atoms with Crippen LogP contribution in [0.4, 0.5) is 0 Å². The summed E-state index contributed by atoms with van der Waals surface area (Å²) in [5, 5.41) is 13.1. The Labute approximate surface area is 124 Å². The number of hydrogen-bond donors (Lipinski definition) is 2. The first-order valence-electron chi connectivity index (χ1n) is 6.90. The van der Waals surface area contributed by atoms with Crippen LogP contribution in [0.5, 0.6) is 5.75 Å². The molecular formula is C15H20ClNO3. The minimum absolute atomic E-state index is 0.0377. The lowest BCUT2D eigenvalue weighted by Crippen LogP contribution is -2.35. The van der Waals surface area contributed by atoms with Gasteiger partial charge in [0, 0.05) is 23.0 Å². The standard InChI is InChI=1S/C15H20ClNO3/c1-10-12(16)5-3-7-14(10)20-9-15(19)17-8-11-4-2-6-13(11)18/h3,5,7,11,13,18H,2,4,6,8-9H2,1H3,(H,17,19). The first-order chi connectivity index (χ1) is 9.58. The summed E-state index contributed by atoms with van der Waals surface area (Å²) in [5.74, 6) is 0.615. The van der Waals surface area contributed by atoms with Gasteiger partial charge in [-0.25, -0.2) is 0 Å². The molecular weight excluding hydrogens is 278 g/mol. The summed E-state index contributed by atoms with van der Waals surface area (Å²) in [6.07, 6.45) is 2.54. The third kappa shape index (κ3) is 3.87. The van der Waals surface area contributed by atoms with Gasteiger partial charge in [0.25, 0.3) is 5.91 Å². The Morgan fingerprint density at radius 2 is 2.30 bits per heavy atom. The molecule has 2 N–H and O–H groups in total. The predicted octanol–water partition coefficient (Wildman–Crippen LogP) is 2.30. The molecule has 1 aliphatic rings. The highest BCUT2D eigenvalue weighted by molar-refractivity contribution is 6.31. The maximum absolute atomic E-state index is 11.7. The number of carbonyl (C=O) groups excluding carboxylic acids is 1. The Bertz CT molecular complexity index is 478. The molecule has 2 unspecified atom stereocenters. The van der Waals surface area contributed by atoms with Crippen LogP contribution in [0.3, 0.4) is 0 Å². The molecule has 1 saturated carbocycles. The summed E-state index contributed by atoms with van der Waals surface area (Å²) in [7, 11) is 0. The van der Waals surface area contributed by atoms with Crippen molar-refractivity contribution in [2.45, 2.75) is 32.3 Å². The van der Waals surface area contributed by atoms with Crippen molar-refractivity contribution in [3.8, 4) is 5.75 Å². The number of aliphatic hydroxyl groups is 1. The minimum atomic E-state index is -0.286. The van der Waals surface area contributed by atoms with Gasteiger partial charge in [0.2, 0.25) is 0 Å². The highest BCUT2D eigenvalue weighted by Crippen LogP contribution is 2.25. The molecule has 0 spiro atoms. The van der Waals surface area contributed by atoms with Gasteiger partial charge in [-0.3, -0.25) is 4.79 Å². The number of carbonyl (C=O) groups is 1. The van der Waals surface area contributed by atoms with Crippen molar-refractivity contribution in [3.63, 3.8) is 0 Å². The molecule has 0 bridgehead atoms. The van der Waals surface area contributed by atoms with E-state index in [-0.39, 0.29) is 24.5 Å². The summed E-state index contributed by atoms with van der Waals surface area (Å²) < 4.78 is 5.46. The zero-order valence-electron chi connectivity index (χ0n) is 11.6. The zero-order chi connectivity index (χ0) is 14.5. The Morgan fingerprint density at radius 3 is 3.00 bits per heavy atom. The minimum Gasteiger partial charge on any atom is -0.483 e. The summed E-state index contributed by atoms with van der Waals surface area (Å²) >= 11 is 5.98. The largest absolute Gasteiger partial charge is 0.483 e. The van der Waals surface area contributed by atoms with Gasteiger partial charge in [-0.15, -0.1) is 0 Å². The van der Waals surface area contributed by atoms with E-state index in [0.717, 1.165) is 24.8 Å². The van der Waals surface area contributed by atoms with E-state index in [0.29, 0.717) is 17.3 Å². The summed E-state index contributed by atoms with van der Waals surface area (Å²) in [6.45, 7) is 2.33. The van der Waals surface area contributed by atoms with Gasteiger partial charge in [-0.2, -0.15) is 0 Å². The van der Waals surface area contributed by atoms with E-state index in [1.54, 1.807) is 18.2 Å². The van der Waals surface area contributed by atoms with Crippen molar-refractivity contribution in [2.75, 3.05) is 13.2 Å². The SMILES string of the molecule is Cc1c(Cl)cccc1OCC(=O)NCC1CCCC1O. The topological polar surface area (TPSA) is 58.6 Å². The van der Waals surface area contributed by atoms with Gasteiger partial charge < -0.3 is 15.2 Å². The first-order valence-corrected chi connectivity index (χ1v) is 7.28. The Hall–Kier alpha value is -1.26. The van der Waals surface area contributed by atoms with E-state index >= 15 is 0 Å². The molecule has 1 aromatic rings. The number of ether oxygens (including phenoxy) is 1. The van der Waals surface area contributed by atoms with Crippen molar-refractivity contribution in [1.82, 2.24) is 5.32 Å². The quantitative estimate of drug-likeness (QED) is 0.877. The molecule has 1 aromatic carbocycles. The molecule has 0 aliphatic heterocycles. The molecule has 110 valence electrons. The number of aliphatic hydroxyl groups excluding tert-OH is 1. The molecule has 1 amide bonds. The van der Waals surface area contributed by atoms with E-state index in [2.05, 4.69) is 5.32 Å². The van der Waals surface area contributed by atoms with Crippen molar-refractivity contribution in [3.05, 3.63) is 28.8 Å². The molecule has 0 radical (unpaired) electrons. The predicted molar refractivity (Wildman–Crippen MR) is 78.0 cm³/mol. The van der Waals surface area contributed by atoms with E-state index < -0.39 is 0 Å². The van der Waals surface area contributed by atoms with Gasteiger partial charge in [-0.05, 0) is 31.9 Å². The van der Waals surface area contributed by atoms with Gasteiger partial charge in [0.05, 0.1) is 6.10 Å². The van der Waals surface area contributed by atoms with E-state index in [9.17, 15) is 9.90 Å². The lowest BCUT2D eigenvalue weighted by atomic mass is 10.1. The number of nitrogens with one attached hydrogen (secondary N) is 1. The Morgan fingerprint density at radius 1 is 1.50 bits per heavy atom. The van der Waals surface area contributed by atoms with Gasteiger partial charge in [0.1, 0.15) is 5.75 Å². The van der Waals surface area contributed by atoms with Gasteiger partial charge in [0.15, 0.2) is 6.61 Å². The van der Waals surface area contributed by atoms with Crippen LogP contribution in [0.15, 0.2) is 18.2 Å². The summed E-state index contributed by atoms with van der Waals surface area (Å²) in [4.78, 5) is 11.7. The fourth-order valence-corrected chi connectivity index (χ4v) is 2.60. The first kappa shape index (κ1) is 15.1. The van der Waals surface area contributed by atoms with Crippen molar-refractivity contribution in [2.24, 2.45) is 5.92 Å². The Balaban J connectivity index is 1.76. The van der Waals surface area contributed by atoms with Crippen LogP contribution in [0.2, 0.25) is 5.02 Å². The average molecular weight is 298 g/mol. The third-order valence-corrected chi connectivity index (χ3v) is 4.17. The molecule has 0 heterocycles. The lowest BCUT2D eigenvalue weighted by molar-refractivity contribution is -0.123. The Kier molecular flexibility index (Phi) is 5.26. The second-order valence-corrected chi connectivity index (χ2v) is 5.62. The van der Waals surface area contributed by atoms with Gasteiger partial charge in [-0.1, -0.05) is 24.1 Å². The molecule has 1 aliphatic carbocycles. The van der Waals surface area contributed by atoms with Crippen molar-refractivity contribution >= 4 is 17.5 Å². The molecule has 2 atom stereocenters. The fourth-order valence-electron chi connectivity index (χ4n) is 2.44. The molecule has 1 fully saturated rings. The van der Waals surface area contributed by atoms with Crippen LogP contribution >= 0.6 is 11.6 Å². The zero-order valence-corrected chi connectivity index (χ0v) is 12.3. The third-order valence-electron chi connectivity index (χ3n) is 3.76. The van der Waals surface area contributed by atoms with Crippen LogP contribution < -0.4 is 10.1 Å². The smallest absolute Gasteiger partial charge is 0.257 e. The normalized spacial score (nSPS) is 21.8. The van der Waals surface area contributed by atoms with Crippen molar-refractivity contribution < 1.29 is 14.6 Å². The van der Waals surface area contributed by atoms with Crippen LogP contribution in [-0.4, -0.2) is 30.3 Å². The highest BCUT2D eigenvalue weighted by Gasteiger charge is 2.25. The van der Waals surface area contributed by atoms with Crippen LogP contribution in [0, 0.1) is 12.8 Å². The summed E-state index contributed by atoms with van der Waals surface area (Å²) in [6, 6.07) is 5.36. The van der Waals surface area contributed by atoms with Crippen LogP contribution in [0.1, 0.15) is 24.8 Å². The lowest BCUT2D eigenvalue weighted by Gasteiger charge is -2.15. The summed E-state index contributed by atoms with van der Waals surface area (Å²) in [5.41, 5.74) is 0.827. The fraction of sp³-hybridized carbons (Fsp3) is 0.533. The average Bonchev–Trinajstić information content (AvgIpc) is 2.83. The van der Waals surface area contributed by atoms with E-state index in [4.69, 9.17) is 16.3 Å². The van der Waals surface area contributed by atoms with Crippen molar-refractivity contribution in [1.29, 1.82) is 0 Å². The number of benzene rings is 1. The molecule has 0 saturated heterocycles. The maximum Gasteiger partial charge on any atom is 0.257 e. The highest BCUT2D eigenvalue weighted by atomic mass is 35.5. The molecule has 2 rings (SSSR count). The molecule has 4 nitrogen and oxygen atoms in total. The molecule has 20 heavy (non-hydrogen) atoms. The number of hydrogen-bond acceptors (Lipinski definition) is 3. The second kappa shape index (κ2) is 6.95. The van der Waals surface area contributed by atoms with Crippen LogP contribution in [0.25, 0.3) is 0 Å². The second-order valence-electron chi connectivity index (χ2n) is 5.21. The van der Waals surface area contributed by atoms with Gasteiger partial charge >= 0.3 is 0 Å². The van der Waals surface area contributed by atoms with E-state index in [1.165, 1.54) is 0 Å².